The van der Waals surface area contributed by atoms with Crippen LogP contribution in [0, 0.1) is 11.6 Å². The van der Waals surface area contributed by atoms with E-state index in [2.05, 4.69) is 21.2 Å². The summed E-state index contributed by atoms with van der Waals surface area (Å²) in [7, 11) is 1.32. The minimum atomic E-state index is -4.38. The standard InChI is InChI=1S/C11H11BrF5N/c1-18-6(5-11(15,16)17)4-7-9(13)3-2-8(12)10(7)14/h2-3,6,18H,4-5H2,1H3. The van der Waals surface area contributed by atoms with Gasteiger partial charge in [-0.05, 0) is 41.5 Å². The molecule has 0 amide bonds. The van der Waals surface area contributed by atoms with Gasteiger partial charge in [-0.1, -0.05) is 0 Å². The van der Waals surface area contributed by atoms with Crippen LogP contribution in [-0.4, -0.2) is 19.3 Å². The van der Waals surface area contributed by atoms with Gasteiger partial charge < -0.3 is 5.32 Å². The van der Waals surface area contributed by atoms with Crippen LogP contribution in [0.4, 0.5) is 22.0 Å². The smallest absolute Gasteiger partial charge is 0.316 e. The summed E-state index contributed by atoms with van der Waals surface area (Å²) < 4.78 is 63.7. The lowest BCUT2D eigenvalue weighted by atomic mass is 10.0. The fourth-order valence-electron chi connectivity index (χ4n) is 1.56. The number of nitrogens with one attached hydrogen (secondary N) is 1. The molecular weight excluding hydrogens is 321 g/mol. The fraction of sp³-hybridized carbons (Fsp3) is 0.455. The highest BCUT2D eigenvalue weighted by Crippen LogP contribution is 2.26. The van der Waals surface area contributed by atoms with Gasteiger partial charge in [-0.2, -0.15) is 13.2 Å². The van der Waals surface area contributed by atoms with E-state index < -0.39 is 30.3 Å². The molecule has 0 fully saturated rings. The Bertz CT molecular complexity index is 419. The van der Waals surface area contributed by atoms with Gasteiger partial charge in [0.1, 0.15) is 11.6 Å². The van der Waals surface area contributed by atoms with Crippen LogP contribution in [0.2, 0.25) is 0 Å². The highest BCUT2D eigenvalue weighted by Gasteiger charge is 2.32. The zero-order valence-electron chi connectivity index (χ0n) is 9.41. The number of benzene rings is 1. The van der Waals surface area contributed by atoms with Gasteiger partial charge in [0.15, 0.2) is 0 Å². The maximum absolute atomic E-state index is 13.6. The van der Waals surface area contributed by atoms with E-state index in [0.717, 1.165) is 6.07 Å². The Hall–Kier alpha value is -0.690. The van der Waals surface area contributed by atoms with Crippen LogP contribution in [0.15, 0.2) is 16.6 Å². The van der Waals surface area contributed by atoms with E-state index in [0.29, 0.717) is 0 Å². The third kappa shape index (κ3) is 4.20. The van der Waals surface area contributed by atoms with Crippen molar-refractivity contribution in [2.45, 2.75) is 25.1 Å². The van der Waals surface area contributed by atoms with E-state index >= 15 is 0 Å². The second-order valence-corrected chi connectivity index (χ2v) is 4.69. The monoisotopic (exact) mass is 331 g/mol. The van der Waals surface area contributed by atoms with Crippen LogP contribution >= 0.6 is 15.9 Å². The van der Waals surface area contributed by atoms with Crippen molar-refractivity contribution in [1.29, 1.82) is 0 Å². The van der Waals surface area contributed by atoms with Gasteiger partial charge in [0, 0.05) is 11.6 Å². The van der Waals surface area contributed by atoms with Gasteiger partial charge in [0.05, 0.1) is 10.9 Å². The lowest BCUT2D eigenvalue weighted by Crippen LogP contribution is -2.33. The van der Waals surface area contributed by atoms with Gasteiger partial charge >= 0.3 is 6.18 Å². The van der Waals surface area contributed by atoms with Crippen molar-refractivity contribution < 1.29 is 22.0 Å². The maximum Gasteiger partial charge on any atom is 0.390 e. The molecule has 0 saturated carbocycles. The highest BCUT2D eigenvalue weighted by molar-refractivity contribution is 9.10. The van der Waals surface area contributed by atoms with Crippen molar-refractivity contribution >= 4 is 15.9 Å². The maximum atomic E-state index is 13.6. The first-order valence-corrected chi connectivity index (χ1v) is 5.90. The van der Waals surface area contributed by atoms with Crippen molar-refractivity contribution in [1.82, 2.24) is 5.32 Å². The molecule has 0 spiro atoms. The van der Waals surface area contributed by atoms with Crippen LogP contribution < -0.4 is 5.32 Å². The Morgan fingerprint density at radius 1 is 1.28 bits per heavy atom. The second-order valence-electron chi connectivity index (χ2n) is 3.83. The predicted molar refractivity (Wildman–Crippen MR) is 61.3 cm³/mol. The zero-order chi connectivity index (χ0) is 13.9. The van der Waals surface area contributed by atoms with Crippen molar-refractivity contribution in [2.75, 3.05) is 7.05 Å². The third-order valence-corrected chi connectivity index (χ3v) is 3.09. The van der Waals surface area contributed by atoms with Crippen LogP contribution in [-0.2, 0) is 6.42 Å². The molecule has 102 valence electrons. The topological polar surface area (TPSA) is 12.0 Å². The Morgan fingerprint density at radius 3 is 2.39 bits per heavy atom. The van der Waals surface area contributed by atoms with E-state index in [1.165, 1.54) is 13.1 Å². The summed E-state index contributed by atoms with van der Waals surface area (Å²) in [5.74, 6) is -1.71. The average molecular weight is 332 g/mol. The molecule has 18 heavy (non-hydrogen) atoms. The summed E-state index contributed by atoms with van der Waals surface area (Å²) in [6.45, 7) is 0. The second kappa shape index (κ2) is 5.97. The number of hydrogen-bond acceptors (Lipinski definition) is 1. The summed E-state index contributed by atoms with van der Waals surface area (Å²) in [6.07, 6.45) is -5.89. The summed E-state index contributed by atoms with van der Waals surface area (Å²) in [4.78, 5) is 0. The van der Waals surface area contributed by atoms with E-state index in [9.17, 15) is 22.0 Å². The molecule has 0 aliphatic carbocycles. The van der Waals surface area contributed by atoms with E-state index in [1.54, 1.807) is 0 Å². The van der Waals surface area contributed by atoms with Crippen LogP contribution in [0.25, 0.3) is 0 Å². The van der Waals surface area contributed by atoms with Gasteiger partial charge in [-0.3, -0.25) is 0 Å². The molecule has 0 aliphatic heterocycles. The van der Waals surface area contributed by atoms with E-state index in [-0.39, 0.29) is 16.5 Å². The quantitative estimate of drug-likeness (QED) is 0.653. The predicted octanol–water partition coefficient (Wildman–Crippen LogP) is 3.81. The zero-order valence-corrected chi connectivity index (χ0v) is 11.0. The number of halogens is 6. The molecule has 7 heteroatoms. The first-order valence-electron chi connectivity index (χ1n) is 5.11. The summed E-state index contributed by atoms with van der Waals surface area (Å²) in [5.41, 5.74) is -0.354. The van der Waals surface area contributed by atoms with Crippen LogP contribution in [0.3, 0.4) is 0 Å². The Labute approximate surface area is 110 Å². The molecule has 0 saturated heterocycles. The fourth-order valence-corrected chi connectivity index (χ4v) is 1.93. The minimum Gasteiger partial charge on any atom is -0.316 e. The Balaban J connectivity index is 2.92. The lowest BCUT2D eigenvalue weighted by Gasteiger charge is -2.19. The minimum absolute atomic E-state index is 0.0285. The molecule has 0 radical (unpaired) electrons. The first kappa shape index (κ1) is 15.4. The van der Waals surface area contributed by atoms with Gasteiger partial charge in [0.2, 0.25) is 0 Å². The SMILES string of the molecule is CNC(Cc1c(F)ccc(Br)c1F)CC(F)(F)F. The molecule has 1 nitrogen and oxygen atoms in total. The molecule has 1 unspecified atom stereocenters. The van der Waals surface area contributed by atoms with E-state index in [4.69, 9.17) is 0 Å². The Kier molecular flexibility index (Phi) is 5.10. The summed E-state index contributed by atoms with van der Waals surface area (Å²) in [6, 6.07) is 1.12. The molecule has 0 heterocycles. The molecule has 1 aromatic carbocycles. The molecule has 0 bridgehead atoms. The normalized spacial score (nSPS) is 13.7. The van der Waals surface area contributed by atoms with Crippen molar-refractivity contribution in [3.05, 3.63) is 33.8 Å². The molecule has 1 atom stereocenters. The van der Waals surface area contributed by atoms with Crippen molar-refractivity contribution in [3.8, 4) is 0 Å². The molecule has 0 aliphatic rings. The lowest BCUT2D eigenvalue weighted by molar-refractivity contribution is -0.139. The summed E-state index contributed by atoms with van der Waals surface area (Å²) in [5, 5.41) is 2.41. The number of hydrogen-bond donors (Lipinski definition) is 1. The number of likely N-dealkylation sites (N-methyl/N-ethyl adjacent to an activating group) is 1. The van der Waals surface area contributed by atoms with Crippen molar-refractivity contribution in [2.24, 2.45) is 0 Å². The highest BCUT2D eigenvalue weighted by atomic mass is 79.9. The van der Waals surface area contributed by atoms with Gasteiger partial charge in [-0.25, -0.2) is 8.78 Å². The molecule has 1 N–H and O–H groups in total. The van der Waals surface area contributed by atoms with Crippen molar-refractivity contribution in [3.63, 3.8) is 0 Å². The number of alkyl halides is 3. The molecular formula is C11H11BrF5N. The average Bonchev–Trinajstić information content (AvgIpc) is 2.26. The van der Waals surface area contributed by atoms with E-state index in [1.807, 2.05) is 0 Å². The summed E-state index contributed by atoms with van der Waals surface area (Å²) >= 11 is 2.87. The molecule has 0 aromatic heterocycles. The third-order valence-electron chi connectivity index (χ3n) is 2.48. The number of rotatable bonds is 4. The molecule has 1 aromatic rings. The van der Waals surface area contributed by atoms with Crippen LogP contribution in [0.5, 0.6) is 0 Å². The van der Waals surface area contributed by atoms with Gasteiger partial charge in [-0.15, -0.1) is 0 Å². The first-order chi connectivity index (χ1) is 8.24. The largest absolute Gasteiger partial charge is 0.390 e. The van der Waals surface area contributed by atoms with Gasteiger partial charge in [0.25, 0.3) is 0 Å². The molecule has 1 rings (SSSR count). The Morgan fingerprint density at radius 2 is 1.89 bits per heavy atom. The van der Waals surface area contributed by atoms with Crippen LogP contribution in [0.1, 0.15) is 12.0 Å².